The first-order chi connectivity index (χ1) is 14.8. The highest BCUT2D eigenvalue weighted by molar-refractivity contribution is 6.43. The van der Waals surface area contributed by atoms with Gasteiger partial charge in [0, 0.05) is 36.5 Å². The molecule has 31 heavy (non-hydrogen) atoms. The number of halogens is 2. The van der Waals surface area contributed by atoms with Crippen LogP contribution in [-0.2, 0) is 0 Å². The number of ether oxygens (including phenoxy) is 1. The van der Waals surface area contributed by atoms with Gasteiger partial charge in [-0.3, -0.25) is 4.79 Å². The van der Waals surface area contributed by atoms with E-state index in [2.05, 4.69) is 15.6 Å². The van der Waals surface area contributed by atoms with Crippen molar-refractivity contribution in [1.82, 2.24) is 15.5 Å². The Bertz CT molecular complexity index is 1070. The zero-order valence-corrected chi connectivity index (χ0v) is 17.8. The summed E-state index contributed by atoms with van der Waals surface area (Å²) in [5.74, 6) is -0.0872. The van der Waals surface area contributed by atoms with E-state index in [4.69, 9.17) is 27.2 Å². The molecule has 3 aliphatic heterocycles. The lowest BCUT2D eigenvalue weighted by molar-refractivity contribution is 0.0789. The zero-order chi connectivity index (χ0) is 22.3. The number of likely N-dealkylation sites (tertiary alicyclic amines) is 1. The Kier molecular flexibility index (Phi) is 5.63. The fraction of sp³-hybridized carbons (Fsp3) is 0.333. The van der Waals surface area contributed by atoms with Crippen molar-refractivity contribution in [3.8, 4) is 5.75 Å². The van der Waals surface area contributed by atoms with E-state index in [1.807, 2.05) is 13.8 Å². The van der Waals surface area contributed by atoms with Crippen LogP contribution in [0.2, 0.25) is 0 Å². The van der Waals surface area contributed by atoms with E-state index in [0.717, 1.165) is 17.5 Å². The minimum atomic E-state index is -0.510. The molecule has 2 fully saturated rings. The fourth-order valence-corrected chi connectivity index (χ4v) is 3.68. The molecule has 8 nitrogen and oxygen atoms in total. The van der Waals surface area contributed by atoms with Gasteiger partial charge in [0.25, 0.3) is 5.91 Å². The van der Waals surface area contributed by atoms with Gasteiger partial charge in [-0.15, -0.1) is 0 Å². The number of rotatable bonds is 4. The van der Waals surface area contributed by atoms with Crippen molar-refractivity contribution in [1.29, 1.82) is 0 Å². The molecule has 5 N–H and O–H groups in total. The summed E-state index contributed by atoms with van der Waals surface area (Å²) >= 11 is 6.19. The second-order valence-corrected chi connectivity index (χ2v) is 8.04. The third kappa shape index (κ3) is 4.24. The maximum absolute atomic E-state index is 13.8. The van der Waals surface area contributed by atoms with Crippen LogP contribution in [0.5, 0.6) is 5.75 Å². The summed E-state index contributed by atoms with van der Waals surface area (Å²) in [5.41, 5.74) is 9.41. The van der Waals surface area contributed by atoms with E-state index in [1.165, 1.54) is 18.2 Å². The highest BCUT2D eigenvalue weighted by atomic mass is 35.5. The number of nitrogens with one attached hydrogen (secondary N) is 2. The topological polar surface area (TPSA) is 122 Å². The summed E-state index contributed by atoms with van der Waals surface area (Å²) < 4.78 is 19.5. The molecule has 1 amide bonds. The van der Waals surface area contributed by atoms with Crippen molar-refractivity contribution in [2.45, 2.75) is 25.9 Å². The molecule has 1 aromatic rings. The second kappa shape index (κ2) is 8.24. The SMILES string of the molecule is CC1=N/C(=C2\CN(C(=O)c3ccc(F)cc3OCC3N/C3=C\O)CC2N)NC(C)=C1Cl. The van der Waals surface area contributed by atoms with Crippen molar-refractivity contribution in [3.05, 3.63) is 63.7 Å². The molecule has 2 saturated heterocycles. The van der Waals surface area contributed by atoms with Gasteiger partial charge >= 0.3 is 0 Å². The van der Waals surface area contributed by atoms with Gasteiger partial charge in [-0.1, -0.05) is 11.6 Å². The zero-order valence-electron chi connectivity index (χ0n) is 17.1. The molecular weight excluding hydrogens is 425 g/mol. The quantitative estimate of drug-likeness (QED) is 0.414. The summed E-state index contributed by atoms with van der Waals surface area (Å²) in [6.07, 6.45) is 0.958. The van der Waals surface area contributed by atoms with Crippen molar-refractivity contribution in [3.63, 3.8) is 0 Å². The number of carbonyl (C=O) groups is 1. The Hall–Kier alpha value is -3.04. The van der Waals surface area contributed by atoms with E-state index in [1.54, 1.807) is 4.90 Å². The minimum absolute atomic E-state index is 0.140. The molecular formula is C21H23ClFN5O3. The molecule has 4 rings (SSSR count). The van der Waals surface area contributed by atoms with Gasteiger partial charge in [-0.05, 0) is 26.0 Å². The van der Waals surface area contributed by atoms with Crippen molar-refractivity contribution < 1.29 is 19.0 Å². The van der Waals surface area contributed by atoms with Crippen LogP contribution in [0.4, 0.5) is 4.39 Å². The largest absolute Gasteiger partial charge is 0.514 e. The molecule has 0 aromatic heterocycles. The van der Waals surface area contributed by atoms with E-state index in [0.29, 0.717) is 28.8 Å². The molecule has 3 aliphatic rings. The maximum Gasteiger partial charge on any atom is 0.257 e. The van der Waals surface area contributed by atoms with Gasteiger partial charge in [-0.25, -0.2) is 9.38 Å². The number of hydrogen-bond acceptors (Lipinski definition) is 7. The average Bonchev–Trinajstić information content (AvgIpc) is 3.40. The fourth-order valence-electron chi connectivity index (χ4n) is 3.59. The first kappa shape index (κ1) is 21.2. The monoisotopic (exact) mass is 447 g/mol. The van der Waals surface area contributed by atoms with Gasteiger partial charge in [0.15, 0.2) is 0 Å². The number of aliphatic hydroxyl groups is 1. The molecule has 2 unspecified atom stereocenters. The minimum Gasteiger partial charge on any atom is -0.514 e. The lowest BCUT2D eigenvalue weighted by Gasteiger charge is -2.20. The summed E-state index contributed by atoms with van der Waals surface area (Å²) in [5, 5.41) is 15.6. The highest BCUT2D eigenvalue weighted by Crippen LogP contribution is 2.28. The Morgan fingerprint density at radius 3 is 2.94 bits per heavy atom. The van der Waals surface area contributed by atoms with Gasteiger partial charge in [-0.2, -0.15) is 0 Å². The van der Waals surface area contributed by atoms with E-state index < -0.39 is 11.9 Å². The number of benzene rings is 1. The summed E-state index contributed by atoms with van der Waals surface area (Å²) in [6.45, 7) is 4.39. The van der Waals surface area contributed by atoms with Crippen molar-refractivity contribution >= 4 is 23.2 Å². The first-order valence-electron chi connectivity index (χ1n) is 9.78. The van der Waals surface area contributed by atoms with Gasteiger partial charge < -0.3 is 31.1 Å². The average molecular weight is 448 g/mol. The smallest absolute Gasteiger partial charge is 0.257 e. The van der Waals surface area contributed by atoms with Crippen LogP contribution in [-0.4, -0.2) is 53.4 Å². The van der Waals surface area contributed by atoms with Crippen LogP contribution in [0.1, 0.15) is 24.2 Å². The Balaban J connectivity index is 1.54. The van der Waals surface area contributed by atoms with E-state index in [9.17, 15) is 9.18 Å². The second-order valence-electron chi connectivity index (χ2n) is 7.66. The molecule has 0 radical (unpaired) electrons. The molecule has 164 valence electrons. The molecule has 0 bridgehead atoms. The molecule has 0 aliphatic carbocycles. The number of aliphatic imine (C=N–C) groups is 1. The Morgan fingerprint density at radius 2 is 2.26 bits per heavy atom. The van der Waals surface area contributed by atoms with Crippen LogP contribution in [0.15, 0.2) is 57.3 Å². The van der Waals surface area contributed by atoms with Crippen molar-refractivity contribution in [2.24, 2.45) is 10.7 Å². The maximum atomic E-state index is 13.8. The van der Waals surface area contributed by atoms with Gasteiger partial charge in [0.2, 0.25) is 0 Å². The highest BCUT2D eigenvalue weighted by Gasteiger charge is 2.34. The number of nitrogens with two attached hydrogens (primary N) is 1. The van der Waals surface area contributed by atoms with Crippen LogP contribution in [0.3, 0.4) is 0 Å². The molecule has 1 aromatic carbocycles. The standard InChI is InChI=1S/C21H23ClFN5O3/c1-10-19(22)11(2)26-20(25-10)14-6-28(7-15(14)24)21(30)13-4-3-12(23)5-18(13)31-9-17-16(8-29)27-17/h3-5,8,15,17,25,27,29H,6-7,9,24H2,1-2H3/b16-8-,20-14+. The Morgan fingerprint density at radius 1 is 1.48 bits per heavy atom. The third-order valence-corrected chi connectivity index (χ3v) is 5.96. The van der Waals surface area contributed by atoms with Crippen LogP contribution < -0.4 is 21.1 Å². The number of hydrogen-bond donors (Lipinski definition) is 4. The first-order valence-corrected chi connectivity index (χ1v) is 10.2. The number of nitrogens with zero attached hydrogens (tertiary/aromatic N) is 2. The predicted molar refractivity (Wildman–Crippen MR) is 115 cm³/mol. The normalized spacial score (nSPS) is 26.5. The van der Waals surface area contributed by atoms with E-state index in [-0.39, 0.29) is 36.4 Å². The number of carbonyl (C=O) groups excluding carboxylic acids is 1. The third-order valence-electron chi connectivity index (χ3n) is 5.40. The van der Waals surface area contributed by atoms with Crippen LogP contribution in [0, 0.1) is 5.82 Å². The lowest BCUT2D eigenvalue weighted by Crippen LogP contribution is -2.32. The molecule has 10 heteroatoms. The molecule has 0 saturated carbocycles. The molecule has 0 spiro atoms. The summed E-state index contributed by atoms with van der Waals surface area (Å²) in [4.78, 5) is 19.3. The molecule has 2 atom stereocenters. The number of allylic oxidation sites excluding steroid dienone is 2. The summed E-state index contributed by atoms with van der Waals surface area (Å²) in [6, 6.07) is 3.25. The summed E-state index contributed by atoms with van der Waals surface area (Å²) in [7, 11) is 0. The van der Waals surface area contributed by atoms with Crippen LogP contribution >= 0.6 is 11.6 Å². The van der Waals surface area contributed by atoms with Crippen molar-refractivity contribution in [2.75, 3.05) is 19.7 Å². The molecule has 3 heterocycles. The van der Waals surface area contributed by atoms with Crippen LogP contribution in [0.25, 0.3) is 0 Å². The van der Waals surface area contributed by atoms with E-state index >= 15 is 0 Å². The predicted octanol–water partition coefficient (Wildman–Crippen LogP) is 2.10. The Labute approximate surface area is 183 Å². The lowest BCUT2D eigenvalue weighted by atomic mass is 10.1. The van der Waals surface area contributed by atoms with Gasteiger partial charge in [0.05, 0.1) is 22.0 Å². The number of aliphatic hydroxyl groups excluding tert-OH is 1. The van der Waals surface area contributed by atoms with Gasteiger partial charge in [0.1, 0.15) is 36.3 Å². The number of amides is 1.